The van der Waals surface area contributed by atoms with E-state index in [9.17, 15) is 22.8 Å². The number of carboxylic acid groups (broad SMARTS) is 5. The third-order valence-electron chi connectivity index (χ3n) is 0.795. The van der Waals surface area contributed by atoms with Crippen molar-refractivity contribution in [3.05, 3.63) is 0 Å². The highest BCUT2D eigenvalue weighted by Gasteiger charge is 2.38. The van der Waals surface area contributed by atoms with Crippen LogP contribution in [0.25, 0.3) is 0 Å². The van der Waals surface area contributed by atoms with Crippen molar-refractivity contribution in [3.63, 3.8) is 0 Å². The zero-order valence-corrected chi connectivity index (χ0v) is 8.92. The van der Waals surface area contributed by atoms with E-state index < -0.39 is 30.2 Å². The quantitative estimate of drug-likeness (QED) is 0.504. The fourth-order valence-electron chi connectivity index (χ4n) is 0.214. The summed E-state index contributed by atoms with van der Waals surface area (Å²) in [5, 5.41) is 36.9. The van der Waals surface area contributed by atoms with Gasteiger partial charge in [-0.15, -0.1) is 0 Å². The number of rotatable bonds is 3. The Labute approximate surface area is 102 Å². The first-order chi connectivity index (χ1) is 8.30. The Kier molecular flexibility index (Phi) is 12.1. The first-order valence-electron chi connectivity index (χ1n) is 3.96. The summed E-state index contributed by atoms with van der Waals surface area (Å²) >= 11 is 0. The van der Waals surface area contributed by atoms with Gasteiger partial charge in [0, 0.05) is 0 Å². The van der Waals surface area contributed by atoms with Gasteiger partial charge in [-0.25, -0.2) is 9.59 Å². The molecule has 0 heterocycles. The number of aliphatic carboxylic acids is 3. The Hall–Kier alpha value is -2.53. The Morgan fingerprint density at radius 3 is 0.947 bits per heavy atom. The van der Waals surface area contributed by atoms with Gasteiger partial charge < -0.3 is 25.5 Å². The minimum Gasteiger partial charge on any atom is -0.481 e. The van der Waals surface area contributed by atoms with Crippen LogP contribution in [0.2, 0.25) is 0 Å². The largest absolute Gasteiger partial charge is 0.503 e. The molecule has 0 aliphatic heterocycles. The normalized spacial score (nSPS) is 9.00. The Bertz CT molecular complexity index is 304. The third kappa shape index (κ3) is 39.1. The van der Waals surface area contributed by atoms with Gasteiger partial charge in [-0.1, -0.05) is 0 Å². The molecule has 12 heteroatoms. The van der Waals surface area contributed by atoms with Crippen LogP contribution in [0.1, 0.15) is 12.8 Å². The van der Waals surface area contributed by atoms with Crippen LogP contribution in [0.15, 0.2) is 0 Å². The SMILES string of the molecule is O=C(O)C(F)(F)F.O=C(O)CCC(=O)O.O=C(O)O. The summed E-state index contributed by atoms with van der Waals surface area (Å²) in [6, 6.07) is 0. The highest BCUT2D eigenvalue weighted by Crippen LogP contribution is 2.13. The molecule has 0 atom stereocenters. The average Bonchev–Trinajstić information content (AvgIpc) is 2.13. The smallest absolute Gasteiger partial charge is 0.481 e. The van der Waals surface area contributed by atoms with E-state index in [1.165, 1.54) is 0 Å². The van der Waals surface area contributed by atoms with E-state index in [4.69, 9.17) is 35.1 Å². The van der Waals surface area contributed by atoms with E-state index in [0.717, 1.165) is 0 Å². The monoisotopic (exact) mass is 294 g/mol. The van der Waals surface area contributed by atoms with Crippen LogP contribution >= 0.6 is 0 Å². The highest BCUT2D eigenvalue weighted by atomic mass is 19.4. The molecular formula is C7H9F3O9. The van der Waals surface area contributed by atoms with Crippen LogP contribution in [-0.4, -0.2) is 55.8 Å². The van der Waals surface area contributed by atoms with Crippen molar-refractivity contribution in [2.75, 3.05) is 0 Å². The van der Waals surface area contributed by atoms with Gasteiger partial charge >= 0.3 is 30.2 Å². The maximum Gasteiger partial charge on any atom is 0.503 e. The standard InChI is InChI=1S/C4H6O4.C2HF3O2.CH2O3/c5-3(6)1-2-4(7)8;3-2(4,5)1(6)7;2-1(3)4/h1-2H2,(H,5,6)(H,7,8);(H,6,7);(H2,2,3,4). The summed E-state index contributed by atoms with van der Waals surface area (Å²) in [6.07, 6.45) is -7.51. The fourth-order valence-corrected chi connectivity index (χ4v) is 0.214. The van der Waals surface area contributed by atoms with Gasteiger partial charge in [0.25, 0.3) is 0 Å². The van der Waals surface area contributed by atoms with Gasteiger partial charge in [0.05, 0.1) is 12.8 Å². The molecule has 0 amide bonds. The number of hydrogen-bond donors (Lipinski definition) is 5. The molecule has 0 bridgehead atoms. The van der Waals surface area contributed by atoms with E-state index in [1.54, 1.807) is 0 Å². The summed E-state index contributed by atoms with van der Waals surface area (Å²) in [5.74, 6) is -4.91. The van der Waals surface area contributed by atoms with Crippen molar-refractivity contribution in [1.29, 1.82) is 0 Å². The fraction of sp³-hybridized carbons (Fsp3) is 0.429. The second kappa shape index (κ2) is 10.6. The molecule has 0 radical (unpaired) electrons. The van der Waals surface area contributed by atoms with Gasteiger partial charge in [-0.05, 0) is 0 Å². The molecule has 5 N–H and O–H groups in total. The van der Waals surface area contributed by atoms with Crippen molar-refractivity contribution >= 4 is 24.1 Å². The van der Waals surface area contributed by atoms with Crippen LogP contribution in [0, 0.1) is 0 Å². The summed E-state index contributed by atoms with van der Waals surface area (Å²) in [4.78, 5) is 36.7. The van der Waals surface area contributed by atoms with Crippen molar-refractivity contribution in [3.8, 4) is 0 Å². The van der Waals surface area contributed by atoms with Crippen molar-refractivity contribution < 1.29 is 57.9 Å². The molecular weight excluding hydrogens is 285 g/mol. The van der Waals surface area contributed by atoms with Crippen LogP contribution in [-0.2, 0) is 14.4 Å². The second-order valence-corrected chi connectivity index (χ2v) is 2.37. The minimum atomic E-state index is -5.08. The van der Waals surface area contributed by atoms with Crippen molar-refractivity contribution in [2.24, 2.45) is 0 Å². The molecule has 0 fully saturated rings. The van der Waals surface area contributed by atoms with E-state index in [1.807, 2.05) is 0 Å². The average molecular weight is 294 g/mol. The van der Waals surface area contributed by atoms with E-state index in [-0.39, 0.29) is 12.8 Å². The molecule has 112 valence electrons. The van der Waals surface area contributed by atoms with E-state index in [0.29, 0.717) is 0 Å². The van der Waals surface area contributed by atoms with Crippen LogP contribution in [0.3, 0.4) is 0 Å². The molecule has 0 rings (SSSR count). The zero-order valence-electron chi connectivity index (χ0n) is 8.92. The van der Waals surface area contributed by atoms with Gasteiger partial charge in [0.2, 0.25) is 0 Å². The lowest BCUT2D eigenvalue weighted by Crippen LogP contribution is -2.21. The van der Waals surface area contributed by atoms with Crippen LogP contribution < -0.4 is 0 Å². The maximum atomic E-state index is 10.6. The lowest BCUT2D eigenvalue weighted by atomic mass is 10.3. The number of carboxylic acids is 3. The first kappa shape index (κ1) is 21.7. The lowest BCUT2D eigenvalue weighted by molar-refractivity contribution is -0.192. The Balaban J connectivity index is -0.000000214. The lowest BCUT2D eigenvalue weighted by Gasteiger charge is -1.93. The first-order valence-corrected chi connectivity index (χ1v) is 3.96. The van der Waals surface area contributed by atoms with Crippen LogP contribution in [0.4, 0.5) is 18.0 Å². The molecule has 0 aromatic carbocycles. The molecule has 0 aliphatic carbocycles. The number of halogens is 3. The molecule has 0 saturated heterocycles. The third-order valence-corrected chi connectivity index (χ3v) is 0.795. The summed E-state index contributed by atoms with van der Waals surface area (Å²) in [6.45, 7) is 0. The van der Waals surface area contributed by atoms with Gasteiger partial charge in [0.15, 0.2) is 0 Å². The zero-order chi connectivity index (χ0) is 16.2. The molecule has 0 aromatic heterocycles. The summed E-state index contributed by atoms with van der Waals surface area (Å²) in [5.41, 5.74) is 0. The molecule has 0 aliphatic rings. The van der Waals surface area contributed by atoms with Crippen molar-refractivity contribution in [2.45, 2.75) is 19.0 Å². The highest BCUT2D eigenvalue weighted by molar-refractivity contribution is 5.75. The number of hydrogen-bond acceptors (Lipinski definition) is 4. The number of alkyl halides is 3. The predicted octanol–water partition coefficient (Wildman–Crippen LogP) is 0.792. The summed E-state index contributed by atoms with van der Waals surface area (Å²) < 4.78 is 31.7. The molecule has 0 aromatic rings. The van der Waals surface area contributed by atoms with Gasteiger partial charge in [-0.2, -0.15) is 13.2 Å². The second-order valence-electron chi connectivity index (χ2n) is 2.37. The molecule has 0 spiro atoms. The van der Waals surface area contributed by atoms with E-state index >= 15 is 0 Å². The summed E-state index contributed by atoms with van der Waals surface area (Å²) in [7, 11) is 0. The molecule has 0 unspecified atom stereocenters. The van der Waals surface area contributed by atoms with E-state index in [2.05, 4.69) is 0 Å². The maximum absolute atomic E-state index is 10.6. The topological polar surface area (TPSA) is 169 Å². The van der Waals surface area contributed by atoms with Gasteiger partial charge in [0.1, 0.15) is 0 Å². The van der Waals surface area contributed by atoms with Crippen molar-refractivity contribution in [1.82, 2.24) is 0 Å². The molecule has 19 heavy (non-hydrogen) atoms. The Morgan fingerprint density at radius 2 is 0.895 bits per heavy atom. The molecule has 9 nitrogen and oxygen atoms in total. The minimum absolute atomic E-state index is 0.296. The molecule has 0 saturated carbocycles. The van der Waals surface area contributed by atoms with Crippen LogP contribution in [0.5, 0.6) is 0 Å². The Morgan fingerprint density at radius 1 is 0.737 bits per heavy atom. The van der Waals surface area contributed by atoms with Gasteiger partial charge in [-0.3, -0.25) is 9.59 Å². The predicted molar refractivity (Wildman–Crippen MR) is 48.9 cm³/mol. The number of carbonyl (C=O) groups is 4.